The Morgan fingerprint density at radius 3 is 2.77 bits per heavy atom. The summed E-state index contributed by atoms with van der Waals surface area (Å²) < 4.78 is 28.9. The van der Waals surface area contributed by atoms with Crippen LogP contribution in [0.2, 0.25) is 0 Å². The molecule has 0 aliphatic carbocycles. The van der Waals surface area contributed by atoms with Crippen LogP contribution in [0.4, 0.5) is 5.69 Å². The van der Waals surface area contributed by atoms with Crippen LogP contribution in [0.1, 0.15) is 19.8 Å². The van der Waals surface area contributed by atoms with E-state index in [9.17, 15) is 18.5 Å². The fourth-order valence-corrected chi connectivity index (χ4v) is 5.46. The van der Waals surface area contributed by atoms with E-state index in [0.717, 1.165) is 30.7 Å². The molecule has 0 radical (unpaired) electrons. The number of hydrogen-bond acceptors (Lipinski definition) is 6. The van der Waals surface area contributed by atoms with Gasteiger partial charge in [-0.15, -0.1) is 0 Å². The Balaban J connectivity index is 1.95. The molecule has 140 valence electrons. The van der Waals surface area contributed by atoms with Gasteiger partial charge >= 0.3 is 0 Å². The third-order valence-corrected chi connectivity index (χ3v) is 7.37. The highest BCUT2D eigenvalue weighted by Gasteiger charge is 2.30. The summed E-state index contributed by atoms with van der Waals surface area (Å²) in [5.74, 6) is 0.284. The zero-order chi connectivity index (χ0) is 18.9. The first kappa shape index (κ1) is 18.9. The van der Waals surface area contributed by atoms with Gasteiger partial charge in [-0.1, -0.05) is 6.92 Å². The van der Waals surface area contributed by atoms with Crippen LogP contribution in [-0.2, 0) is 17.1 Å². The summed E-state index contributed by atoms with van der Waals surface area (Å²) in [5.41, 5.74) is -0.232. The molecule has 8 nitrogen and oxygen atoms in total. The molecule has 1 aromatic heterocycles. The highest BCUT2D eigenvalue weighted by atomic mass is 32.2. The molecule has 0 amide bonds. The van der Waals surface area contributed by atoms with Gasteiger partial charge in [0.2, 0.25) is 10.0 Å². The van der Waals surface area contributed by atoms with Gasteiger partial charge in [0.1, 0.15) is 0 Å². The van der Waals surface area contributed by atoms with E-state index in [4.69, 9.17) is 0 Å². The van der Waals surface area contributed by atoms with E-state index in [1.165, 1.54) is 16.4 Å². The number of piperidine rings is 1. The van der Waals surface area contributed by atoms with Crippen molar-refractivity contribution in [3.8, 4) is 0 Å². The van der Waals surface area contributed by atoms with Crippen LogP contribution < -0.4 is 0 Å². The lowest BCUT2D eigenvalue weighted by molar-refractivity contribution is -0.388. The van der Waals surface area contributed by atoms with E-state index < -0.39 is 14.9 Å². The summed E-state index contributed by atoms with van der Waals surface area (Å²) in [4.78, 5) is 15.4. The summed E-state index contributed by atoms with van der Waals surface area (Å²) in [6, 6.07) is 4.07. The van der Waals surface area contributed by atoms with Crippen molar-refractivity contribution in [2.45, 2.75) is 34.7 Å². The van der Waals surface area contributed by atoms with Gasteiger partial charge in [-0.2, -0.15) is 4.31 Å². The molecule has 3 rings (SSSR count). The Kier molecular flexibility index (Phi) is 5.35. The summed E-state index contributed by atoms with van der Waals surface area (Å²) in [6.45, 7) is 2.90. The van der Waals surface area contributed by atoms with Crippen LogP contribution in [-0.4, -0.2) is 40.3 Å². The first-order valence-electron chi connectivity index (χ1n) is 8.23. The summed E-state index contributed by atoms with van der Waals surface area (Å²) in [7, 11) is -1.95. The van der Waals surface area contributed by atoms with Crippen molar-refractivity contribution in [2.24, 2.45) is 13.0 Å². The average Bonchev–Trinajstić information content (AvgIpc) is 2.99. The molecule has 0 bridgehead atoms. The third kappa shape index (κ3) is 3.76. The smallest absolute Gasteiger partial charge is 0.284 e. The van der Waals surface area contributed by atoms with Crippen molar-refractivity contribution in [2.75, 3.05) is 13.1 Å². The van der Waals surface area contributed by atoms with Crippen LogP contribution >= 0.6 is 11.8 Å². The third-order valence-electron chi connectivity index (χ3n) is 4.36. The number of aryl methyl sites for hydroxylation is 1. The fraction of sp³-hybridized carbons (Fsp3) is 0.438. The van der Waals surface area contributed by atoms with Crippen LogP contribution in [0.25, 0.3) is 0 Å². The molecule has 0 spiro atoms. The summed E-state index contributed by atoms with van der Waals surface area (Å²) >= 11 is 1.13. The number of aromatic nitrogens is 2. The van der Waals surface area contributed by atoms with E-state index in [2.05, 4.69) is 4.98 Å². The zero-order valence-corrected chi connectivity index (χ0v) is 16.2. The number of nitro groups is 1. The standard InChI is InChI=1S/C16H20N4O4S2/c1-12-4-3-8-19(11-12)26(23,24)13-5-6-15(14(10-13)20(21)22)25-16-17-7-9-18(16)2/h5-7,9-10,12H,3-4,8,11H2,1-2H3/t12-/m0/s1. The Morgan fingerprint density at radius 1 is 1.38 bits per heavy atom. The Bertz CT molecular complexity index is 926. The van der Waals surface area contributed by atoms with Gasteiger partial charge in [-0.05, 0) is 42.7 Å². The number of imidazole rings is 1. The summed E-state index contributed by atoms with van der Waals surface area (Å²) in [6.07, 6.45) is 5.13. The largest absolute Gasteiger partial charge is 0.329 e. The molecule has 1 aliphatic heterocycles. The fourth-order valence-electron chi connectivity index (χ4n) is 2.95. The number of rotatable bonds is 5. The van der Waals surface area contributed by atoms with Gasteiger partial charge in [0.15, 0.2) is 5.16 Å². The first-order chi connectivity index (χ1) is 12.3. The van der Waals surface area contributed by atoms with Gasteiger partial charge in [0.25, 0.3) is 5.69 Å². The van der Waals surface area contributed by atoms with Crippen molar-refractivity contribution >= 4 is 27.5 Å². The number of nitrogens with zero attached hydrogens (tertiary/aromatic N) is 4. The molecule has 1 saturated heterocycles. The SMILES string of the molecule is C[C@H]1CCCN(S(=O)(=O)c2ccc(Sc3nccn3C)c([N+](=O)[O-])c2)C1. The Morgan fingerprint density at radius 2 is 2.15 bits per heavy atom. The Labute approximate surface area is 156 Å². The molecule has 0 saturated carbocycles. The normalized spacial score (nSPS) is 18.8. The first-order valence-corrected chi connectivity index (χ1v) is 10.5. The zero-order valence-electron chi connectivity index (χ0n) is 14.5. The number of hydrogen-bond donors (Lipinski definition) is 0. The van der Waals surface area contributed by atoms with E-state index in [1.807, 2.05) is 6.92 Å². The second kappa shape index (κ2) is 7.37. The van der Waals surface area contributed by atoms with E-state index in [-0.39, 0.29) is 16.5 Å². The molecule has 0 unspecified atom stereocenters. The lowest BCUT2D eigenvalue weighted by atomic mass is 10.0. The minimum absolute atomic E-state index is 0.0394. The highest BCUT2D eigenvalue weighted by molar-refractivity contribution is 7.99. The predicted molar refractivity (Wildman–Crippen MR) is 97.6 cm³/mol. The minimum Gasteiger partial charge on any atom is -0.329 e. The van der Waals surface area contributed by atoms with Crippen LogP contribution in [0.3, 0.4) is 0 Å². The van der Waals surface area contributed by atoms with Crippen molar-refractivity contribution in [3.05, 3.63) is 40.7 Å². The molecular weight excluding hydrogens is 376 g/mol. The van der Waals surface area contributed by atoms with Gasteiger partial charge < -0.3 is 4.57 Å². The minimum atomic E-state index is -3.74. The molecule has 26 heavy (non-hydrogen) atoms. The second-order valence-electron chi connectivity index (χ2n) is 6.42. The maximum absolute atomic E-state index is 12.9. The van der Waals surface area contributed by atoms with E-state index >= 15 is 0 Å². The van der Waals surface area contributed by atoms with Gasteiger partial charge in [0, 0.05) is 38.6 Å². The quantitative estimate of drug-likeness (QED) is 0.569. The lowest BCUT2D eigenvalue weighted by Crippen LogP contribution is -2.39. The molecule has 1 aromatic carbocycles. The Hall–Kier alpha value is -1.91. The lowest BCUT2D eigenvalue weighted by Gasteiger charge is -2.30. The number of benzene rings is 1. The van der Waals surface area contributed by atoms with E-state index in [1.54, 1.807) is 24.0 Å². The van der Waals surface area contributed by atoms with Gasteiger partial charge in [-0.3, -0.25) is 10.1 Å². The van der Waals surface area contributed by atoms with Crippen LogP contribution in [0, 0.1) is 16.0 Å². The maximum atomic E-state index is 12.9. The van der Waals surface area contributed by atoms with Crippen molar-refractivity contribution in [3.63, 3.8) is 0 Å². The van der Waals surface area contributed by atoms with E-state index in [0.29, 0.717) is 23.1 Å². The molecule has 10 heteroatoms. The van der Waals surface area contributed by atoms with Crippen molar-refractivity contribution < 1.29 is 13.3 Å². The second-order valence-corrected chi connectivity index (χ2v) is 9.37. The molecule has 2 heterocycles. The number of sulfonamides is 1. The molecule has 1 atom stereocenters. The molecule has 1 fully saturated rings. The predicted octanol–water partition coefficient (Wildman–Crippen LogP) is 2.90. The monoisotopic (exact) mass is 396 g/mol. The van der Waals surface area contributed by atoms with Gasteiger partial charge in [0.05, 0.1) is 14.7 Å². The molecule has 0 N–H and O–H groups in total. The summed E-state index contributed by atoms with van der Waals surface area (Å²) in [5, 5.41) is 12.1. The molecule has 2 aromatic rings. The molecule has 1 aliphatic rings. The highest BCUT2D eigenvalue weighted by Crippen LogP contribution is 2.36. The maximum Gasteiger partial charge on any atom is 0.284 e. The average molecular weight is 396 g/mol. The van der Waals surface area contributed by atoms with Gasteiger partial charge in [-0.25, -0.2) is 13.4 Å². The van der Waals surface area contributed by atoms with Crippen LogP contribution in [0.5, 0.6) is 0 Å². The molecular formula is C16H20N4O4S2. The van der Waals surface area contributed by atoms with Crippen LogP contribution in [0.15, 0.2) is 45.5 Å². The number of nitro benzene ring substituents is 1. The topological polar surface area (TPSA) is 98.3 Å². The van der Waals surface area contributed by atoms with Crippen molar-refractivity contribution in [1.82, 2.24) is 13.9 Å². The van der Waals surface area contributed by atoms with Crippen molar-refractivity contribution in [1.29, 1.82) is 0 Å².